The molecule has 0 spiro atoms. The zero-order chi connectivity index (χ0) is 17.6. The second-order valence-electron chi connectivity index (χ2n) is 5.96. The van der Waals surface area contributed by atoms with E-state index in [-0.39, 0.29) is 18.0 Å². The largest absolute Gasteiger partial charge is 0.356 e. The number of nitro groups is 1. The Morgan fingerprint density at radius 2 is 1.88 bits per heavy atom. The minimum absolute atomic E-state index is 0.00568. The van der Waals surface area contributed by atoms with Crippen LogP contribution in [0.5, 0.6) is 0 Å². The van der Waals surface area contributed by atoms with Gasteiger partial charge in [0.25, 0.3) is 5.69 Å². The summed E-state index contributed by atoms with van der Waals surface area (Å²) in [7, 11) is 0. The summed E-state index contributed by atoms with van der Waals surface area (Å²) >= 11 is 0. The fraction of sp³-hybridized carbons (Fsp3) is 0.353. The van der Waals surface area contributed by atoms with E-state index in [9.17, 15) is 14.9 Å². The van der Waals surface area contributed by atoms with E-state index in [4.69, 9.17) is 0 Å². The number of nitrogens with zero attached hydrogens (tertiary/aromatic N) is 4. The second kappa shape index (κ2) is 7.69. The zero-order valence-corrected chi connectivity index (χ0v) is 13.7. The number of amides is 1. The van der Waals surface area contributed by atoms with Gasteiger partial charge in [-0.2, -0.15) is 0 Å². The van der Waals surface area contributed by atoms with Gasteiger partial charge in [-0.15, -0.1) is 0 Å². The van der Waals surface area contributed by atoms with Gasteiger partial charge in [0.2, 0.25) is 5.91 Å². The third kappa shape index (κ3) is 4.50. The van der Waals surface area contributed by atoms with Gasteiger partial charge < -0.3 is 10.2 Å². The van der Waals surface area contributed by atoms with Crippen LogP contribution in [0, 0.1) is 10.1 Å². The molecule has 0 saturated carbocycles. The summed E-state index contributed by atoms with van der Waals surface area (Å²) in [4.78, 5) is 32.9. The fourth-order valence-corrected chi connectivity index (χ4v) is 2.82. The van der Waals surface area contributed by atoms with Gasteiger partial charge in [0.15, 0.2) is 0 Å². The minimum atomic E-state index is -0.465. The summed E-state index contributed by atoms with van der Waals surface area (Å²) in [5, 5.41) is 13.4. The number of nitro benzene ring substituents is 1. The Balaban J connectivity index is 1.61. The van der Waals surface area contributed by atoms with Crippen molar-refractivity contribution in [1.29, 1.82) is 0 Å². The molecule has 1 saturated heterocycles. The van der Waals surface area contributed by atoms with Crippen molar-refractivity contribution in [2.45, 2.75) is 25.7 Å². The molecule has 2 heterocycles. The van der Waals surface area contributed by atoms with Crippen LogP contribution in [-0.2, 0) is 11.2 Å². The topological polar surface area (TPSA) is 101 Å². The van der Waals surface area contributed by atoms with E-state index in [1.165, 1.54) is 24.9 Å². The number of hydrogen-bond donors (Lipinski definition) is 1. The molecule has 1 aromatic carbocycles. The molecular formula is C17H19N5O3. The van der Waals surface area contributed by atoms with Crippen molar-refractivity contribution < 1.29 is 9.72 Å². The number of anilines is 2. The van der Waals surface area contributed by atoms with Crippen molar-refractivity contribution in [3.05, 3.63) is 52.3 Å². The first-order valence-corrected chi connectivity index (χ1v) is 8.22. The molecule has 2 aromatic rings. The lowest BCUT2D eigenvalue weighted by atomic mass is 10.1. The monoisotopic (exact) mass is 341 g/mol. The molecule has 1 fully saturated rings. The van der Waals surface area contributed by atoms with Crippen LogP contribution in [0.15, 0.2) is 36.7 Å². The number of aromatic nitrogens is 2. The predicted molar refractivity (Wildman–Crippen MR) is 93.5 cm³/mol. The molecule has 1 amide bonds. The Morgan fingerprint density at radius 1 is 1.16 bits per heavy atom. The highest BCUT2D eigenvalue weighted by molar-refractivity contribution is 5.91. The average molecular weight is 341 g/mol. The summed E-state index contributed by atoms with van der Waals surface area (Å²) in [6.07, 6.45) is 5.10. The molecule has 0 unspecified atom stereocenters. The molecule has 1 N–H and O–H groups in total. The number of piperidine rings is 1. The summed E-state index contributed by atoms with van der Waals surface area (Å²) < 4.78 is 0. The minimum Gasteiger partial charge on any atom is -0.356 e. The van der Waals surface area contributed by atoms with Crippen LogP contribution in [0.4, 0.5) is 17.3 Å². The SMILES string of the molecule is O=C(Cc1ccc([N+](=O)[O-])cc1)Nc1cc(N2CCCCC2)ncn1. The third-order valence-electron chi connectivity index (χ3n) is 4.11. The Bertz CT molecular complexity index is 757. The highest BCUT2D eigenvalue weighted by Gasteiger charge is 2.14. The van der Waals surface area contributed by atoms with Crippen LogP contribution < -0.4 is 10.2 Å². The van der Waals surface area contributed by atoms with Crippen molar-refractivity contribution in [1.82, 2.24) is 9.97 Å². The molecule has 3 rings (SSSR count). The van der Waals surface area contributed by atoms with E-state index in [1.807, 2.05) is 0 Å². The van der Waals surface area contributed by atoms with E-state index in [2.05, 4.69) is 20.2 Å². The molecule has 0 aliphatic carbocycles. The Labute approximate surface area is 145 Å². The van der Waals surface area contributed by atoms with E-state index >= 15 is 0 Å². The van der Waals surface area contributed by atoms with Crippen molar-refractivity contribution in [3.63, 3.8) is 0 Å². The molecule has 8 nitrogen and oxygen atoms in total. The Morgan fingerprint density at radius 3 is 2.56 bits per heavy atom. The maximum Gasteiger partial charge on any atom is 0.269 e. The van der Waals surface area contributed by atoms with Crippen LogP contribution in [0.25, 0.3) is 0 Å². The van der Waals surface area contributed by atoms with Gasteiger partial charge in [-0.05, 0) is 24.8 Å². The predicted octanol–water partition coefficient (Wildman–Crippen LogP) is 2.56. The molecule has 1 aliphatic heterocycles. The summed E-state index contributed by atoms with van der Waals surface area (Å²) in [5.74, 6) is 1.06. The first-order chi connectivity index (χ1) is 12.1. The van der Waals surface area contributed by atoms with Crippen LogP contribution in [0.1, 0.15) is 24.8 Å². The van der Waals surface area contributed by atoms with Gasteiger partial charge in [-0.1, -0.05) is 12.1 Å². The second-order valence-corrected chi connectivity index (χ2v) is 5.96. The van der Waals surface area contributed by atoms with Crippen LogP contribution in [0.3, 0.4) is 0 Å². The number of hydrogen-bond acceptors (Lipinski definition) is 6. The van der Waals surface area contributed by atoms with E-state index in [0.29, 0.717) is 11.4 Å². The van der Waals surface area contributed by atoms with Gasteiger partial charge in [0.1, 0.15) is 18.0 Å². The molecule has 130 valence electrons. The van der Waals surface area contributed by atoms with Gasteiger partial charge >= 0.3 is 0 Å². The lowest BCUT2D eigenvalue weighted by molar-refractivity contribution is -0.384. The van der Waals surface area contributed by atoms with Crippen molar-refractivity contribution in [2.75, 3.05) is 23.3 Å². The van der Waals surface area contributed by atoms with Crippen molar-refractivity contribution in [3.8, 4) is 0 Å². The maximum atomic E-state index is 12.2. The molecule has 0 radical (unpaired) electrons. The lowest BCUT2D eigenvalue weighted by Crippen LogP contribution is -2.30. The summed E-state index contributed by atoms with van der Waals surface area (Å²) in [6, 6.07) is 7.72. The van der Waals surface area contributed by atoms with Crippen molar-refractivity contribution in [2.24, 2.45) is 0 Å². The lowest BCUT2D eigenvalue weighted by Gasteiger charge is -2.27. The summed E-state index contributed by atoms with van der Waals surface area (Å²) in [6.45, 7) is 1.93. The molecule has 1 aliphatic rings. The molecular weight excluding hydrogens is 322 g/mol. The van der Waals surface area contributed by atoms with E-state index in [1.54, 1.807) is 18.2 Å². The quantitative estimate of drug-likeness (QED) is 0.662. The average Bonchev–Trinajstić information content (AvgIpc) is 2.63. The summed E-state index contributed by atoms with van der Waals surface area (Å²) in [5.41, 5.74) is 0.708. The van der Waals surface area contributed by atoms with Gasteiger partial charge in [0, 0.05) is 31.3 Å². The molecule has 8 heteroatoms. The maximum absolute atomic E-state index is 12.2. The number of benzene rings is 1. The highest BCUT2D eigenvalue weighted by Crippen LogP contribution is 2.19. The highest BCUT2D eigenvalue weighted by atomic mass is 16.6. The van der Waals surface area contributed by atoms with E-state index in [0.717, 1.165) is 31.7 Å². The molecule has 1 aromatic heterocycles. The van der Waals surface area contributed by atoms with Crippen LogP contribution in [-0.4, -0.2) is 33.9 Å². The molecule has 0 bridgehead atoms. The first kappa shape index (κ1) is 16.8. The third-order valence-corrected chi connectivity index (χ3v) is 4.11. The van der Waals surface area contributed by atoms with Gasteiger partial charge in [-0.25, -0.2) is 9.97 Å². The Kier molecular flexibility index (Phi) is 5.17. The van der Waals surface area contributed by atoms with Gasteiger partial charge in [-0.3, -0.25) is 14.9 Å². The number of nitrogens with one attached hydrogen (secondary N) is 1. The van der Waals surface area contributed by atoms with Crippen LogP contribution >= 0.6 is 0 Å². The number of carbonyl (C=O) groups is 1. The number of carbonyl (C=O) groups excluding carboxylic acids is 1. The molecule has 0 atom stereocenters. The number of rotatable bonds is 5. The number of non-ortho nitro benzene ring substituents is 1. The standard InChI is InChI=1S/C17H19N5O3/c23-17(10-13-4-6-14(7-5-13)22(24)25)20-15-11-16(19-12-18-15)21-8-2-1-3-9-21/h4-7,11-12H,1-3,8-10H2,(H,18,19,20,23). The Hall–Kier alpha value is -3.03. The normalized spacial score (nSPS) is 14.2. The van der Waals surface area contributed by atoms with Gasteiger partial charge in [0.05, 0.1) is 11.3 Å². The zero-order valence-electron chi connectivity index (χ0n) is 13.7. The fourth-order valence-electron chi connectivity index (χ4n) is 2.82. The van der Waals surface area contributed by atoms with Crippen molar-refractivity contribution >= 4 is 23.2 Å². The van der Waals surface area contributed by atoms with E-state index < -0.39 is 4.92 Å². The molecule has 25 heavy (non-hydrogen) atoms. The first-order valence-electron chi connectivity index (χ1n) is 8.22. The van der Waals surface area contributed by atoms with Crippen LogP contribution in [0.2, 0.25) is 0 Å². The smallest absolute Gasteiger partial charge is 0.269 e.